The van der Waals surface area contributed by atoms with Crippen LogP contribution in [0.1, 0.15) is 4.88 Å². The lowest BCUT2D eigenvalue weighted by atomic mass is 10.4. The minimum absolute atomic E-state index is 0.0222. The van der Waals surface area contributed by atoms with E-state index in [4.69, 9.17) is 0 Å². The first kappa shape index (κ1) is 10.4. The Labute approximate surface area is 96.5 Å². The van der Waals surface area contributed by atoms with Crippen LogP contribution in [0.5, 0.6) is 0 Å². The molecular formula is C10H10N2OS2. The van der Waals surface area contributed by atoms with Gasteiger partial charge in [0.2, 0.25) is 0 Å². The molecule has 2 rings (SSSR count). The molecule has 1 aliphatic heterocycles. The van der Waals surface area contributed by atoms with Crippen molar-refractivity contribution < 1.29 is 4.79 Å². The number of likely N-dealkylation sites (N-methyl/N-ethyl adjacent to an activating group) is 1. The second-order valence-corrected chi connectivity index (χ2v) is 4.98. The van der Waals surface area contributed by atoms with Gasteiger partial charge in [-0.15, -0.1) is 11.3 Å². The SMILES string of the molecule is CN=C1SC(=Cc2cccs2)C(=O)N1C. The van der Waals surface area contributed by atoms with Gasteiger partial charge in [0.1, 0.15) is 0 Å². The number of thioether (sulfide) groups is 1. The van der Waals surface area contributed by atoms with Gasteiger partial charge in [-0.25, -0.2) is 0 Å². The van der Waals surface area contributed by atoms with Crippen LogP contribution in [0.25, 0.3) is 6.08 Å². The number of nitrogens with zero attached hydrogens (tertiary/aromatic N) is 2. The number of amidine groups is 1. The Balaban J connectivity index is 2.30. The van der Waals surface area contributed by atoms with Crippen molar-refractivity contribution in [2.75, 3.05) is 14.1 Å². The minimum atomic E-state index is 0.0222. The van der Waals surface area contributed by atoms with Gasteiger partial charge in [-0.1, -0.05) is 6.07 Å². The van der Waals surface area contributed by atoms with Gasteiger partial charge in [0, 0.05) is 19.0 Å². The fourth-order valence-corrected chi connectivity index (χ4v) is 2.90. The molecule has 0 N–H and O–H groups in total. The lowest BCUT2D eigenvalue weighted by molar-refractivity contribution is -0.121. The zero-order valence-electron chi connectivity index (χ0n) is 8.43. The fraction of sp³-hybridized carbons (Fsp3) is 0.200. The molecule has 15 heavy (non-hydrogen) atoms. The van der Waals surface area contributed by atoms with Crippen molar-refractivity contribution in [1.82, 2.24) is 4.90 Å². The van der Waals surface area contributed by atoms with Gasteiger partial charge in [-0.05, 0) is 29.3 Å². The molecule has 0 aromatic carbocycles. The molecule has 78 valence electrons. The lowest BCUT2D eigenvalue weighted by Gasteiger charge is -2.04. The van der Waals surface area contributed by atoms with Gasteiger partial charge >= 0.3 is 0 Å². The molecule has 0 radical (unpaired) electrons. The summed E-state index contributed by atoms with van der Waals surface area (Å²) in [6.07, 6.45) is 1.91. The van der Waals surface area contributed by atoms with Gasteiger partial charge in [0.05, 0.1) is 4.91 Å². The van der Waals surface area contributed by atoms with E-state index in [0.717, 1.165) is 14.9 Å². The van der Waals surface area contributed by atoms with Gasteiger partial charge in [0.15, 0.2) is 5.17 Å². The number of carbonyl (C=O) groups is 1. The Morgan fingerprint density at radius 3 is 2.87 bits per heavy atom. The first-order chi connectivity index (χ1) is 7.22. The van der Waals surface area contributed by atoms with Gasteiger partial charge < -0.3 is 0 Å². The van der Waals surface area contributed by atoms with Crippen molar-refractivity contribution >= 4 is 40.2 Å². The van der Waals surface area contributed by atoms with E-state index in [9.17, 15) is 4.79 Å². The molecule has 0 unspecified atom stereocenters. The largest absolute Gasteiger partial charge is 0.290 e. The topological polar surface area (TPSA) is 32.7 Å². The van der Waals surface area contributed by atoms with E-state index in [-0.39, 0.29) is 5.91 Å². The highest BCUT2D eigenvalue weighted by Gasteiger charge is 2.29. The number of thiophene rings is 1. The van der Waals surface area contributed by atoms with E-state index in [1.165, 1.54) is 11.8 Å². The van der Waals surface area contributed by atoms with E-state index in [0.29, 0.717) is 0 Å². The number of amides is 1. The zero-order chi connectivity index (χ0) is 10.8. The van der Waals surface area contributed by atoms with Crippen molar-refractivity contribution in [1.29, 1.82) is 0 Å². The summed E-state index contributed by atoms with van der Waals surface area (Å²) in [5, 5.41) is 2.75. The predicted octanol–water partition coefficient (Wildman–Crippen LogP) is 2.28. The molecule has 1 saturated heterocycles. The molecule has 0 spiro atoms. The number of hydrogen-bond donors (Lipinski definition) is 0. The smallest absolute Gasteiger partial charge is 0.266 e. The molecule has 0 saturated carbocycles. The highest BCUT2D eigenvalue weighted by Crippen LogP contribution is 2.31. The van der Waals surface area contributed by atoms with Crippen LogP contribution in [0.15, 0.2) is 27.4 Å². The first-order valence-electron chi connectivity index (χ1n) is 4.40. The van der Waals surface area contributed by atoms with Crippen molar-refractivity contribution in [3.63, 3.8) is 0 Å². The summed E-state index contributed by atoms with van der Waals surface area (Å²) < 4.78 is 0. The number of carbonyl (C=O) groups excluding carboxylic acids is 1. The average molecular weight is 238 g/mol. The molecule has 1 amide bonds. The van der Waals surface area contributed by atoms with Gasteiger partial charge in [-0.3, -0.25) is 14.7 Å². The van der Waals surface area contributed by atoms with Crippen LogP contribution in [-0.4, -0.2) is 30.1 Å². The molecule has 5 heteroatoms. The lowest BCUT2D eigenvalue weighted by Crippen LogP contribution is -2.23. The van der Waals surface area contributed by atoms with Crippen LogP contribution in [0.2, 0.25) is 0 Å². The standard InChI is InChI=1S/C10H10N2OS2/c1-11-10-12(2)9(13)8(15-10)6-7-4-3-5-14-7/h3-6H,1-2H3. The third kappa shape index (κ3) is 1.98. The van der Waals surface area contributed by atoms with Crippen molar-refractivity contribution in [2.45, 2.75) is 0 Å². The molecule has 0 aliphatic carbocycles. The Kier molecular flexibility index (Phi) is 2.93. The second-order valence-electron chi connectivity index (χ2n) is 3.00. The molecular weight excluding hydrogens is 228 g/mol. The summed E-state index contributed by atoms with van der Waals surface area (Å²) in [5.41, 5.74) is 0. The normalized spacial score (nSPS) is 22.0. The van der Waals surface area contributed by atoms with E-state index >= 15 is 0 Å². The molecule has 0 bridgehead atoms. The van der Waals surface area contributed by atoms with Gasteiger partial charge in [0.25, 0.3) is 5.91 Å². The second kappa shape index (κ2) is 4.20. The van der Waals surface area contributed by atoms with Crippen molar-refractivity contribution in [3.05, 3.63) is 27.3 Å². The Bertz CT molecular complexity index is 434. The minimum Gasteiger partial charge on any atom is -0.290 e. The van der Waals surface area contributed by atoms with E-state index < -0.39 is 0 Å². The van der Waals surface area contributed by atoms with E-state index in [1.54, 1.807) is 30.3 Å². The zero-order valence-corrected chi connectivity index (χ0v) is 10.1. The van der Waals surface area contributed by atoms with E-state index in [1.807, 2.05) is 23.6 Å². The Morgan fingerprint density at radius 2 is 2.33 bits per heavy atom. The summed E-state index contributed by atoms with van der Waals surface area (Å²) in [6, 6.07) is 3.96. The third-order valence-electron chi connectivity index (χ3n) is 2.01. The van der Waals surface area contributed by atoms with Crippen molar-refractivity contribution in [2.24, 2.45) is 4.99 Å². The maximum atomic E-state index is 11.8. The summed E-state index contributed by atoms with van der Waals surface area (Å²) in [5.74, 6) is 0.0222. The van der Waals surface area contributed by atoms with Crippen molar-refractivity contribution in [3.8, 4) is 0 Å². The van der Waals surface area contributed by atoms with Crippen LogP contribution in [0.4, 0.5) is 0 Å². The van der Waals surface area contributed by atoms with Crippen LogP contribution in [0.3, 0.4) is 0 Å². The summed E-state index contributed by atoms with van der Waals surface area (Å²) >= 11 is 3.04. The van der Waals surface area contributed by atoms with Crippen LogP contribution in [-0.2, 0) is 4.79 Å². The molecule has 2 heterocycles. The first-order valence-corrected chi connectivity index (χ1v) is 6.10. The molecule has 1 aromatic rings. The maximum Gasteiger partial charge on any atom is 0.266 e. The van der Waals surface area contributed by atoms with Crippen LogP contribution >= 0.6 is 23.1 Å². The number of aliphatic imine (C=N–C) groups is 1. The summed E-state index contributed by atoms with van der Waals surface area (Å²) in [4.78, 5) is 19.2. The summed E-state index contributed by atoms with van der Waals surface area (Å²) in [6.45, 7) is 0. The predicted molar refractivity (Wildman–Crippen MR) is 66.0 cm³/mol. The third-order valence-corrected chi connectivity index (χ3v) is 3.98. The monoisotopic (exact) mass is 238 g/mol. The Morgan fingerprint density at radius 1 is 1.53 bits per heavy atom. The average Bonchev–Trinajstić information content (AvgIpc) is 2.82. The molecule has 3 nitrogen and oxygen atoms in total. The molecule has 1 fully saturated rings. The van der Waals surface area contributed by atoms with Crippen LogP contribution in [0, 0.1) is 0 Å². The van der Waals surface area contributed by atoms with Gasteiger partial charge in [-0.2, -0.15) is 0 Å². The molecule has 1 aliphatic rings. The highest BCUT2D eigenvalue weighted by atomic mass is 32.2. The van der Waals surface area contributed by atoms with Crippen LogP contribution < -0.4 is 0 Å². The summed E-state index contributed by atoms with van der Waals surface area (Å²) in [7, 11) is 3.44. The molecule has 0 atom stereocenters. The highest BCUT2D eigenvalue weighted by molar-refractivity contribution is 8.18. The fourth-order valence-electron chi connectivity index (χ4n) is 1.25. The number of hydrogen-bond acceptors (Lipinski definition) is 4. The number of rotatable bonds is 1. The molecule has 1 aromatic heterocycles. The van der Waals surface area contributed by atoms with E-state index in [2.05, 4.69) is 4.99 Å². The maximum absolute atomic E-state index is 11.8. The quantitative estimate of drug-likeness (QED) is 0.703. The Hall–Kier alpha value is -1.07.